The first-order valence-electron chi connectivity index (χ1n) is 6.59. The smallest absolute Gasteiger partial charge is 0.240 e. The van der Waals surface area contributed by atoms with Crippen LogP contribution in [0.4, 0.5) is 8.78 Å². The molecule has 118 valence electrons. The van der Waals surface area contributed by atoms with Gasteiger partial charge in [-0.05, 0) is 38.4 Å². The van der Waals surface area contributed by atoms with Gasteiger partial charge in [0.2, 0.25) is 5.91 Å². The van der Waals surface area contributed by atoms with Crippen molar-refractivity contribution >= 4 is 18.3 Å². The molecule has 0 spiro atoms. The van der Waals surface area contributed by atoms with E-state index >= 15 is 0 Å². The highest BCUT2D eigenvalue weighted by atomic mass is 35.5. The zero-order valence-corrected chi connectivity index (χ0v) is 12.5. The normalized spacial score (nSPS) is 22.5. The second-order valence-electron chi connectivity index (χ2n) is 5.22. The lowest BCUT2D eigenvalue weighted by atomic mass is 9.99. The molecule has 0 aliphatic carbocycles. The van der Waals surface area contributed by atoms with Crippen LogP contribution in [0, 0.1) is 11.6 Å². The Morgan fingerprint density at radius 3 is 2.62 bits per heavy atom. The van der Waals surface area contributed by atoms with Gasteiger partial charge >= 0.3 is 0 Å². The van der Waals surface area contributed by atoms with Crippen LogP contribution in [-0.4, -0.2) is 29.6 Å². The number of nitrogens with one attached hydrogen (secondary N) is 2. The van der Waals surface area contributed by atoms with E-state index < -0.39 is 28.8 Å². The van der Waals surface area contributed by atoms with Crippen LogP contribution in [0.5, 0.6) is 0 Å². The molecule has 2 unspecified atom stereocenters. The topological polar surface area (TPSA) is 61.4 Å². The summed E-state index contributed by atoms with van der Waals surface area (Å²) >= 11 is 0. The Labute approximate surface area is 128 Å². The molecule has 1 aliphatic heterocycles. The Morgan fingerprint density at radius 2 is 2.10 bits per heavy atom. The molecular weight excluding hydrogens is 302 g/mol. The van der Waals surface area contributed by atoms with Gasteiger partial charge in [-0.25, -0.2) is 8.78 Å². The Hall–Kier alpha value is -1.24. The average Bonchev–Trinajstić information content (AvgIpc) is 2.84. The minimum absolute atomic E-state index is 0. The summed E-state index contributed by atoms with van der Waals surface area (Å²) in [7, 11) is 0. The Bertz CT molecular complexity index is 487. The average molecular weight is 321 g/mol. The summed E-state index contributed by atoms with van der Waals surface area (Å²) in [5.74, 6) is -1.92. The van der Waals surface area contributed by atoms with Gasteiger partial charge in [0.15, 0.2) is 0 Å². The highest BCUT2D eigenvalue weighted by molar-refractivity contribution is 5.86. The number of halogens is 3. The first-order chi connectivity index (χ1) is 9.44. The molecule has 0 saturated carbocycles. The monoisotopic (exact) mass is 320 g/mol. The maximum atomic E-state index is 13.5. The highest BCUT2D eigenvalue weighted by Crippen LogP contribution is 2.21. The van der Waals surface area contributed by atoms with Crippen LogP contribution in [0.1, 0.15) is 31.4 Å². The van der Waals surface area contributed by atoms with E-state index in [2.05, 4.69) is 10.6 Å². The van der Waals surface area contributed by atoms with Crippen molar-refractivity contribution in [3.05, 3.63) is 35.4 Å². The van der Waals surface area contributed by atoms with E-state index in [0.717, 1.165) is 25.1 Å². The fourth-order valence-electron chi connectivity index (χ4n) is 2.40. The van der Waals surface area contributed by atoms with Gasteiger partial charge in [-0.3, -0.25) is 4.79 Å². The number of amides is 1. The molecule has 1 aromatic carbocycles. The molecule has 1 fully saturated rings. The largest absolute Gasteiger partial charge is 0.386 e. The molecule has 1 aromatic rings. The van der Waals surface area contributed by atoms with Crippen LogP contribution in [0.25, 0.3) is 0 Å². The molecule has 1 heterocycles. The fraction of sp³-hybridized carbons (Fsp3) is 0.500. The Balaban J connectivity index is 0.00000220. The first-order valence-corrected chi connectivity index (χ1v) is 6.59. The van der Waals surface area contributed by atoms with Crippen molar-refractivity contribution in [2.45, 2.75) is 31.4 Å². The van der Waals surface area contributed by atoms with Crippen LogP contribution < -0.4 is 10.6 Å². The summed E-state index contributed by atoms with van der Waals surface area (Å²) in [5, 5.41) is 15.5. The predicted octanol–water partition coefficient (Wildman–Crippen LogP) is 1.68. The molecular formula is C14H19ClF2N2O2. The van der Waals surface area contributed by atoms with Gasteiger partial charge in [0.1, 0.15) is 17.7 Å². The van der Waals surface area contributed by atoms with Crippen molar-refractivity contribution in [1.82, 2.24) is 10.6 Å². The maximum absolute atomic E-state index is 13.5. The SMILES string of the molecule is CC1(C(=O)NCC(O)c2c(F)cccc2F)CCCN1.Cl. The molecule has 0 radical (unpaired) electrons. The molecule has 0 aromatic heterocycles. The maximum Gasteiger partial charge on any atom is 0.240 e. The molecule has 4 nitrogen and oxygen atoms in total. The number of hydrogen-bond donors (Lipinski definition) is 3. The summed E-state index contributed by atoms with van der Waals surface area (Å²) < 4.78 is 27.0. The second-order valence-corrected chi connectivity index (χ2v) is 5.22. The molecule has 21 heavy (non-hydrogen) atoms. The predicted molar refractivity (Wildman–Crippen MR) is 77.2 cm³/mol. The van der Waals surface area contributed by atoms with Crippen molar-refractivity contribution in [1.29, 1.82) is 0 Å². The number of carbonyl (C=O) groups is 1. The molecule has 3 N–H and O–H groups in total. The molecule has 2 rings (SSSR count). The van der Waals surface area contributed by atoms with E-state index in [1.54, 1.807) is 6.92 Å². The van der Waals surface area contributed by atoms with Crippen molar-refractivity contribution in [3.8, 4) is 0 Å². The Kier molecular flexibility index (Phi) is 6.07. The van der Waals surface area contributed by atoms with E-state index in [0.29, 0.717) is 6.42 Å². The highest BCUT2D eigenvalue weighted by Gasteiger charge is 2.36. The molecule has 2 atom stereocenters. The standard InChI is InChI=1S/C14H18F2N2O2.ClH/c1-14(6-3-7-18-14)13(20)17-8-11(19)12-9(15)4-2-5-10(12)16;/h2,4-5,11,18-19H,3,6-8H2,1H3,(H,17,20);1H. The number of carbonyl (C=O) groups excluding carboxylic acids is 1. The van der Waals surface area contributed by atoms with Crippen molar-refractivity contribution in [2.24, 2.45) is 0 Å². The number of benzene rings is 1. The summed E-state index contributed by atoms with van der Waals surface area (Å²) in [6.45, 7) is 2.30. The zero-order valence-electron chi connectivity index (χ0n) is 11.7. The molecule has 1 saturated heterocycles. The molecule has 7 heteroatoms. The van der Waals surface area contributed by atoms with Crippen LogP contribution in [0.2, 0.25) is 0 Å². The lowest BCUT2D eigenvalue weighted by molar-refractivity contribution is -0.127. The number of aliphatic hydroxyl groups excluding tert-OH is 1. The van der Waals surface area contributed by atoms with Gasteiger partial charge in [0.05, 0.1) is 11.1 Å². The molecule has 1 aliphatic rings. The van der Waals surface area contributed by atoms with Crippen LogP contribution in [0.15, 0.2) is 18.2 Å². The quantitative estimate of drug-likeness (QED) is 0.791. The van der Waals surface area contributed by atoms with E-state index in [1.165, 1.54) is 6.07 Å². The lowest BCUT2D eigenvalue weighted by Gasteiger charge is -2.24. The fourth-order valence-corrected chi connectivity index (χ4v) is 2.40. The van der Waals surface area contributed by atoms with E-state index in [9.17, 15) is 18.7 Å². The van der Waals surface area contributed by atoms with Gasteiger partial charge in [-0.15, -0.1) is 12.4 Å². The van der Waals surface area contributed by atoms with Crippen molar-refractivity contribution in [2.75, 3.05) is 13.1 Å². The van der Waals surface area contributed by atoms with Gasteiger partial charge < -0.3 is 15.7 Å². The van der Waals surface area contributed by atoms with Crippen molar-refractivity contribution < 1.29 is 18.7 Å². The minimum atomic E-state index is -1.41. The van der Waals surface area contributed by atoms with Crippen LogP contribution in [-0.2, 0) is 4.79 Å². The summed E-state index contributed by atoms with van der Waals surface area (Å²) in [5.41, 5.74) is -1.09. The number of aliphatic hydroxyl groups is 1. The van der Waals surface area contributed by atoms with Crippen molar-refractivity contribution in [3.63, 3.8) is 0 Å². The third-order valence-corrected chi connectivity index (χ3v) is 3.66. The molecule has 0 bridgehead atoms. The van der Waals surface area contributed by atoms with Crippen LogP contribution in [0.3, 0.4) is 0 Å². The molecule has 1 amide bonds. The number of rotatable bonds is 4. The van der Waals surface area contributed by atoms with E-state index in [-0.39, 0.29) is 24.9 Å². The summed E-state index contributed by atoms with van der Waals surface area (Å²) in [6.07, 6.45) is 0.183. The summed E-state index contributed by atoms with van der Waals surface area (Å²) in [6, 6.07) is 3.37. The minimum Gasteiger partial charge on any atom is -0.386 e. The zero-order chi connectivity index (χ0) is 14.8. The Morgan fingerprint density at radius 1 is 1.48 bits per heavy atom. The lowest BCUT2D eigenvalue weighted by Crippen LogP contribution is -2.51. The van der Waals surface area contributed by atoms with Gasteiger partial charge in [0.25, 0.3) is 0 Å². The third-order valence-electron chi connectivity index (χ3n) is 3.66. The third kappa shape index (κ3) is 3.90. The van der Waals surface area contributed by atoms with Gasteiger partial charge in [-0.2, -0.15) is 0 Å². The van der Waals surface area contributed by atoms with Crippen LogP contribution >= 0.6 is 12.4 Å². The summed E-state index contributed by atoms with van der Waals surface area (Å²) in [4.78, 5) is 12.0. The van der Waals surface area contributed by atoms with Gasteiger partial charge in [0, 0.05) is 6.54 Å². The van der Waals surface area contributed by atoms with E-state index in [1.807, 2.05) is 0 Å². The van der Waals surface area contributed by atoms with E-state index in [4.69, 9.17) is 0 Å². The number of hydrogen-bond acceptors (Lipinski definition) is 3. The first kappa shape index (κ1) is 17.8. The second kappa shape index (κ2) is 7.15. The van der Waals surface area contributed by atoms with Gasteiger partial charge in [-0.1, -0.05) is 6.07 Å².